The van der Waals surface area contributed by atoms with Gasteiger partial charge in [-0.3, -0.25) is 4.79 Å². The third-order valence-corrected chi connectivity index (χ3v) is 4.58. The summed E-state index contributed by atoms with van der Waals surface area (Å²) in [7, 11) is 0. The van der Waals surface area contributed by atoms with Crippen LogP contribution in [-0.4, -0.2) is 50.1 Å². The highest BCUT2D eigenvalue weighted by atomic mass is 16.5. The van der Waals surface area contributed by atoms with E-state index in [0.29, 0.717) is 25.4 Å². The van der Waals surface area contributed by atoms with E-state index in [4.69, 9.17) is 4.74 Å². The molecule has 24 heavy (non-hydrogen) atoms. The smallest absolute Gasteiger partial charge is 0.272 e. The second-order valence-electron chi connectivity index (χ2n) is 6.66. The lowest BCUT2D eigenvalue weighted by Gasteiger charge is -2.23. The predicted octanol–water partition coefficient (Wildman–Crippen LogP) is 1.37. The van der Waals surface area contributed by atoms with Crippen LogP contribution in [0, 0.1) is 11.8 Å². The Kier molecular flexibility index (Phi) is 4.25. The zero-order valence-electron chi connectivity index (χ0n) is 13.5. The van der Waals surface area contributed by atoms with E-state index in [9.17, 15) is 4.79 Å². The lowest BCUT2D eigenvalue weighted by atomic mass is 10.1. The zero-order chi connectivity index (χ0) is 16.4. The van der Waals surface area contributed by atoms with E-state index in [1.54, 1.807) is 12.3 Å². The average molecular weight is 327 g/mol. The van der Waals surface area contributed by atoms with Gasteiger partial charge in [-0.1, -0.05) is 0 Å². The van der Waals surface area contributed by atoms with Crippen molar-refractivity contribution in [2.75, 3.05) is 19.8 Å². The lowest BCUT2D eigenvalue weighted by Crippen LogP contribution is -2.35. The van der Waals surface area contributed by atoms with Gasteiger partial charge in [-0.15, -0.1) is 0 Å². The molecular weight excluding hydrogens is 306 g/mol. The molecule has 0 saturated heterocycles. The molecule has 1 aliphatic heterocycles. The van der Waals surface area contributed by atoms with E-state index < -0.39 is 0 Å². The van der Waals surface area contributed by atoms with Crippen molar-refractivity contribution >= 4 is 5.91 Å². The first kappa shape index (κ1) is 15.3. The van der Waals surface area contributed by atoms with E-state index in [0.717, 1.165) is 24.8 Å². The number of imidazole rings is 1. The van der Waals surface area contributed by atoms with Gasteiger partial charge in [-0.2, -0.15) is 0 Å². The SMILES string of the molecule is O=C(c1ccncn1)N1Cc2cncn2CC(COCC2CC2)C1. The molecule has 1 unspecified atom stereocenters. The minimum absolute atomic E-state index is 0.0701. The van der Waals surface area contributed by atoms with E-state index in [2.05, 4.69) is 19.5 Å². The molecule has 1 aliphatic carbocycles. The highest BCUT2D eigenvalue weighted by Crippen LogP contribution is 2.29. The third-order valence-electron chi connectivity index (χ3n) is 4.58. The number of hydrogen-bond donors (Lipinski definition) is 0. The summed E-state index contributed by atoms with van der Waals surface area (Å²) in [6.07, 6.45) is 9.24. The number of fused-ring (bicyclic) bond motifs is 1. The van der Waals surface area contributed by atoms with Crippen LogP contribution in [0.4, 0.5) is 0 Å². The topological polar surface area (TPSA) is 73.1 Å². The van der Waals surface area contributed by atoms with Crippen LogP contribution in [-0.2, 0) is 17.8 Å². The average Bonchev–Trinajstić information content (AvgIpc) is 3.37. The fraction of sp³-hybridized carbons (Fsp3) is 0.529. The standard InChI is InChI=1S/C17H21N5O2/c23-17(16-3-4-18-11-20-16)21-6-14(10-24-9-13-1-2-13)7-22-12-19-5-15(22)8-21/h3-5,11-14H,1-2,6-10H2. The maximum absolute atomic E-state index is 12.8. The summed E-state index contributed by atoms with van der Waals surface area (Å²) in [5.74, 6) is 0.933. The van der Waals surface area contributed by atoms with Gasteiger partial charge in [-0.25, -0.2) is 15.0 Å². The van der Waals surface area contributed by atoms with E-state index >= 15 is 0 Å². The van der Waals surface area contributed by atoms with Crippen LogP contribution in [0.1, 0.15) is 29.0 Å². The Labute approximate surface area is 140 Å². The molecule has 1 saturated carbocycles. The van der Waals surface area contributed by atoms with Crippen molar-refractivity contribution in [2.45, 2.75) is 25.9 Å². The number of nitrogens with zero attached hydrogens (tertiary/aromatic N) is 5. The molecule has 0 N–H and O–H groups in total. The van der Waals surface area contributed by atoms with Crippen molar-refractivity contribution in [3.8, 4) is 0 Å². The second kappa shape index (κ2) is 6.68. The maximum atomic E-state index is 12.8. The molecule has 126 valence electrons. The minimum atomic E-state index is -0.0701. The molecule has 1 atom stereocenters. The third kappa shape index (κ3) is 3.46. The molecule has 2 aliphatic rings. The molecule has 2 aromatic heterocycles. The number of carbonyl (C=O) groups is 1. The molecular formula is C17H21N5O2. The van der Waals surface area contributed by atoms with Crippen molar-refractivity contribution in [1.82, 2.24) is 24.4 Å². The van der Waals surface area contributed by atoms with Gasteiger partial charge in [0.25, 0.3) is 5.91 Å². The van der Waals surface area contributed by atoms with Crippen molar-refractivity contribution in [2.24, 2.45) is 11.8 Å². The summed E-state index contributed by atoms with van der Waals surface area (Å²) in [6.45, 7) is 3.54. The first-order valence-electron chi connectivity index (χ1n) is 8.41. The summed E-state index contributed by atoms with van der Waals surface area (Å²) in [4.78, 5) is 26.8. The summed E-state index contributed by atoms with van der Waals surface area (Å²) < 4.78 is 8.00. The minimum Gasteiger partial charge on any atom is -0.381 e. The van der Waals surface area contributed by atoms with Crippen LogP contribution in [0.2, 0.25) is 0 Å². The maximum Gasteiger partial charge on any atom is 0.272 e. The Balaban J connectivity index is 1.49. The van der Waals surface area contributed by atoms with Gasteiger partial charge in [0, 0.05) is 38.0 Å². The van der Waals surface area contributed by atoms with Crippen LogP contribution in [0.25, 0.3) is 0 Å². The quantitative estimate of drug-likeness (QED) is 0.829. The Bertz CT molecular complexity index is 698. The Morgan fingerprint density at radius 2 is 2.08 bits per heavy atom. The number of ether oxygens (including phenoxy) is 1. The van der Waals surface area contributed by atoms with Crippen LogP contribution >= 0.6 is 0 Å². The number of rotatable bonds is 5. The van der Waals surface area contributed by atoms with Gasteiger partial charge in [0.2, 0.25) is 0 Å². The van der Waals surface area contributed by atoms with E-state index in [1.807, 2.05) is 17.4 Å². The van der Waals surface area contributed by atoms with Gasteiger partial charge >= 0.3 is 0 Å². The summed E-state index contributed by atoms with van der Waals surface area (Å²) in [5, 5.41) is 0. The molecule has 1 fully saturated rings. The fourth-order valence-electron chi connectivity index (χ4n) is 3.08. The molecule has 0 radical (unpaired) electrons. The van der Waals surface area contributed by atoms with Gasteiger partial charge in [0.15, 0.2) is 0 Å². The predicted molar refractivity (Wildman–Crippen MR) is 86.0 cm³/mol. The van der Waals surface area contributed by atoms with Gasteiger partial charge in [-0.05, 0) is 24.8 Å². The summed E-state index contributed by atoms with van der Waals surface area (Å²) in [6, 6.07) is 1.66. The second-order valence-corrected chi connectivity index (χ2v) is 6.66. The Morgan fingerprint density at radius 3 is 2.88 bits per heavy atom. The Morgan fingerprint density at radius 1 is 1.21 bits per heavy atom. The van der Waals surface area contributed by atoms with Gasteiger partial charge < -0.3 is 14.2 Å². The van der Waals surface area contributed by atoms with Crippen molar-refractivity contribution < 1.29 is 9.53 Å². The molecule has 7 heteroatoms. The summed E-state index contributed by atoms with van der Waals surface area (Å²) in [5.41, 5.74) is 1.47. The van der Waals surface area contributed by atoms with Crippen molar-refractivity contribution in [3.05, 3.63) is 42.5 Å². The molecule has 3 heterocycles. The molecule has 2 aromatic rings. The molecule has 0 bridgehead atoms. The number of amides is 1. The highest BCUT2D eigenvalue weighted by Gasteiger charge is 2.27. The van der Waals surface area contributed by atoms with Crippen molar-refractivity contribution in [3.63, 3.8) is 0 Å². The van der Waals surface area contributed by atoms with Crippen LogP contribution in [0.15, 0.2) is 31.1 Å². The normalized spacial score (nSPS) is 20.5. The number of hydrogen-bond acceptors (Lipinski definition) is 5. The molecule has 1 amide bonds. The van der Waals surface area contributed by atoms with E-state index in [1.165, 1.54) is 19.2 Å². The van der Waals surface area contributed by atoms with Crippen LogP contribution in [0.3, 0.4) is 0 Å². The first-order valence-corrected chi connectivity index (χ1v) is 8.41. The monoisotopic (exact) mass is 327 g/mol. The first-order chi connectivity index (χ1) is 11.8. The van der Waals surface area contributed by atoms with Gasteiger partial charge in [0.1, 0.15) is 12.0 Å². The molecule has 0 aromatic carbocycles. The number of aromatic nitrogens is 4. The van der Waals surface area contributed by atoms with Crippen molar-refractivity contribution in [1.29, 1.82) is 0 Å². The summed E-state index contributed by atoms with van der Waals surface area (Å²) >= 11 is 0. The molecule has 4 rings (SSSR count). The molecule has 0 spiro atoms. The number of carbonyl (C=O) groups excluding carboxylic acids is 1. The zero-order valence-corrected chi connectivity index (χ0v) is 13.5. The van der Waals surface area contributed by atoms with Gasteiger partial charge in [0.05, 0.1) is 25.2 Å². The fourth-order valence-corrected chi connectivity index (χ4v) is 3.08. The highest BCUT2D eigenvalue weighted by molar-refractivity contribution is 5.92. The Hall–Kier alpha value is -2.28. The van der Waals surface area contributed by atoms with Crippen LogP contribution < -0.4 is 0 Å². The largest absolute Gasteiger partial charge is 0.381 e. The van der Waals surface area contributed by atoms with Crippen LogP contribution in [0.5, 0.6) is 0 Å². The molecule has 7 nitrogen and oxygen atoms in total. The lowest BCUT2D eigenvalue weighted by molar-refractivity contribution is 0.0567. The van der Waals surface area contributed by atoms with E-state index in [-0.39, 0.29) is 11.8 Å².